The molecule has 0 nitrogen and oxygen atoms in total. The molecule has 258 valence electrons. The highest BCUT2D eigenvalue weighted by atomic mass is 14.6. The largest absolute Gasteiger partial charge is 0.0648 e. The summed E-state index contributed by atoms with van der Waals surface area (Å²) in [6.45, 7) is 47.6. The summed E-state index contributed by atoms with van der Waals surface area (Å²) in [5.41, 5.74) is 3.98. The summed E-state index contributed by atoms with van der Waals surface area (Å²) in [7, 11) is 0. The number of hydrogen-bond donors (Lipinski definition) is 0. The normalized spacial score (nSPS) is 15.2. The molecule has 0 aromatic heterocycles. The zero-order valence-corrected chi connectivity index (χ0v) is 34.0. The van der Waals surface area contributed by atoms with Crippen LogP contribution in [-0.2, 0) is 6.42 Å². The highest BCUT2D eigenvalue weighted by Crippen LogP contribution is 2.61. The summed E-state index contributed by atoms with van der Waals surface area (Å²) in [6, 6.07) is 11.6. The SMILES string of the molecule is CCC(Cc1ccccc1)(CC(CC(C)(C)C)(CC(C)(C)C)CC(C)(C)C)CC(CC(C)(C)C)(CC(C)(C)C)CC(C)(C)C. The highest BCUT2D eigenvalue weighted by molar-refractivity contribution is 5.18. The molecule has 0 saturated carbocycles. The number of rotatable bonds is 13. The first kappa shape index (κ1) is 41.2. The summed E-state index contributed by atoms with van der Waals surface area (Å²) < 4.78 is 0. The topological polar surface area (TPSA) is 0 Å². The van der Waals surface area contributed by atoms with Gasteiger partial charge in [-0.3, -0.25) is 0 Å². The molecule has 44 heavy (non-hydrogen) atoms. The second-order valence-corrected chi connectivity index (χ2v) is 23.3. The van der Waals surface area contributed by atoms with E-state index in [4.69, 9.17) is 0 Å². The van der Waals surface area contributed by atoms with Gasteiger partial charge in [-0.2, -0.15) is 0 Å². The first-order valence-electron chi connectivity index (χ1n) is 18.3. The minimum atomic E-state index is 0.227. The van der Waals surface area contributed by atoms with E-state index in [-0.39, 0.29) is 48.7 Å². The van der Waals surface area contributed by atoms with Crippen molar-refractivity contribution in [3.63, 3.8) is 0 Å². The molecule has 0 spiro atoms. The predicted molar refractivity (Wildman–Crippen MR) is 201 cm³/mol. The van der Waals surface area contributed by atoms with Crippen molar-refractivity contribution in [1.29, 1.82) is 0 Å². The second-order valence-electron chi connectivity index (χ2n) is 23.3. The van der Waals surface area contributed by atoms with Gasteiger partial charge in [0.2, 0.25) is 0 Å². The Balaban J connectivity index is 4.17. The van der Waals surface area contributed by atoms with Crippen LogP contribution in [-0.4, -0.2) is 0 Å². The van der Waals surface area contributed by atoms with Gasteiger partial charge in [-0.05, 0) is 112 Å². The lowest BCUT2D eigenvalue weighted by molar-refractivity contribution is -0.0416. The summed E-state index contributed by atoms with van der Waals surface area (Å²) >= 11 is 0. The molecule has 0 unspecified atom stereocenters. The van der Waals surface area contributed by atoms with E-state index in [2.05, 4.69) is 162 Å². The number of benzene rings is 1. The highest BCUT2D eigenvalue weighted by Gasteiger charge is 2.51. The molecular weight excluding hydrogens is 528 g/mol. The molecule has 0 aliphatic heterocycles. The Bertz CT molecular complexity index is 823. The van der Waals surface area contributed by atoms with Crippen LogP contribution in [0, 0.1) is 48.7 Å². The molecule has 0 bridgehead atoms. The average molecular weight is 611 g/mol. The van der Waals surface area contributed by atoms with E-state index < -0.39 is 0 Å². The smallest absolute Gasteiger partial charge is 0.0222 e. The van der Waals surface area contributed by atoms with Crippen molar-refractivity contribution in [2.24, 2.45) is 48.7 Å². The molecule has 1 aromatic rings. The zero-order chi connectivity index (χ0) is 34.7. The summed E-state index contributed by atoms with van der Waals surface area (Å²) in [6.07, 6.45) is 12.8. The first-order valence-corrected chi connectivity index (χ1v) is 18.3. The molecule has 1 aromatic carbocycles. The zero-order valence-electron chi connectivity index (χ0n) is 34.0. The third-order valence-corrected chi connectivity index (χ3v) is 9.10. The van der Waals surface area contributed by atoms with Crippen LogP contribution in [0.25, 0.3) is 0 Å². The third-order valence-electron chi connectivity index (χ3n) is 9.10. The van der Waals surface area contributed by atoms with Crippen LogP contribution in [0.1, 0.15) is 195 Å². The van der Waals surface area contributed by atoms with Gasteiger partial charge in [-0.25, -0.2) is 0 Å². The van der Waals surface area contributed by atoms with Crippen LogP contribution < -0.4 is 0 Å². The molecule has 1 rings (SSSR count). The van der Waals surface area contributed by atoms with Gasteiger partial charge >= 0.3 is 0 Å². The molecule has 0 heterocycles. The Hall–Kier alpha value is -0.780. The number of hydrogen-bond acceptors (Lipinski definition) is 0. The van der Waals surface area contributed by atoms with Crippen LogP contribution >= 0.6 is 0 Å². The van der Waals surface area contributed by atoms with Crippen molar-refractivity contribution in [3.05, 3.63) is 35.9 Å². The lowest BCUT2D eigenvalue weighted by atomic mass is 9.50. The summed E-state index contributed by atoms with van der Waals surface area (Å²) in [5.74, 6) is 0. The average Bonchev–Trinajstić information content (AvgIpc) is 2.65. The first-order chi connectivity index (χ1) is 19.3. The predicted octanol–water partition coefficient (Wildman–Crippen LogP) is 15.0. The maximum atomic E-state index is 2.55. The maximum Gasteiger partial charge on any atom is -0.0222 e. The fraction of sp³-hybridized carbons (Fsp3) is 0.864. The second kappa shape index (κ2) is 14.1. The Kier molecular flexibility index (Phi) is 13.3. The van der Waals surface area contributed by atoms with Crippen LogP contribution in [0.3, 0.4) is 0 Å². The maximum absolute atomic E-state index is 2.55. The van der Waals surface area contributed by atoms with Crippen LogP contribution in [0.15, 0.2) is 30.3 Å². The van der Waals surface area contributed by atoms with Gasteiger partial charge in [0.05, 0.1) is 0 Å². The Morgan fingerprint density at radius 2 is 0.591 bits per heavy atom. The summed E-state index contributed by atoms with van der Waals surface area (Å²) in [5, 5.41) is 0. The van der Waals surface area contributed by atoms with E-state index in [9.17, 15) is 0 Å². The van der Waals surface area contributed by atoms with Gasteiger partial charge in [0.15, 0.2) is 0 Å². The molecule has 0 aliphatic carbocycles. The van der Waals surface area contributed by atoms with Crippen LogP contribution in [0.4, 0.5) is 0 Å². The van der Waals surface area contributed by atoms with Crippen molar-refractivity contribution in [2.75, 3.05) is 0 Å². The quantitative estimate of drug-likeness (QED) is 0.208. The molecule has 0 atom stereocenters. The van der Waals surface area contributed by atoms with Crippen molar-refractivity contribution in [3.8, 4) is 0 Å². The third kappa shape index (κ3) is 16.7. The fourth-order valence-electron chi connectivity index (χ4n) is 10.7. The molecule has 0 saturated heterocycles. The van der Waals surface area contributed by atoms with E-state index in [0.29, 0.717) is 0 Å². The molecule has 0 amide bonds. The minimum Gasteiger partial charge on any atom is -0.0648 e. The van der Waals surface area contributed by atoms with Crippen molar-refractivity contribution < 1.29 is 0 Å². The van der Waals surface area contributed by atoms with Gasteiger partial charge in [0, 0.05) is 0 Å². The Labute approximate surface area is 279 Å². The van der Waals surface area contributed by atoms with Crippen molar-refractivity contribution in [2.45, 2.75) is 196 Å². The van der Waals surface area contributed by atoms with Crippen LogP contribution in [0.2, 0.25) is 0 Å². The van der Waals surface area contributed by atoms with E-state index in [1.54, 1.807) is 0 Å². The van der Waals surface area contributed by atoms with Crippen LogP contribution in [0.5, 0.6) is 0 Å². The lowest BCUT2D eigenvalue weighted by Gasteiger charge is -2.55. The minimum absolute atomic E-state index is 0.227. The van der Waals surface area contributed by atoms with Gasteiger partial charge in [-0.15, -0.1) is 0 Å². The van der Waals surface area contributed by atoms with E-state index in [1.165, 1.54) is 69.8 Å². The van der Waals surface area contributed by atoms with Crippen molar-refractivity contribution in [1.82, 2.24) is 0 Å². The van der Waals surface area contributed by atoms with Gasteiger partial charge in [-0.1, -0.05) is 168 Å². The Morgan fingerprint density at radius 3 is 0.795 bits per heavy atom. The molecule has 0 radical (unpaired) electrons. The standard InChI is InChI=1S/C44H82/c1-20-42(26-35-24-22-21-23-25-35,33-43(27-36(2,3)4,28-37(5,6)7)29-38(8,9)10)34-44(30-39(11,12)13,31-40(14,15)16)32-41(17,18)19/h21-25H,20,26-34H2,1-19H3. The lowest BCUT2D eigenvalue weighted by Crippen LogP contribution is -2.45. The van der Waals surface area contributed by atoms with E-state index in [1.807, 2.05) is 0 Å². The van der Waals surface area contributed by atoms with Crippen molar-refractivity contribution >= 4 is 0 Å². The molecule has 0 heteroatoms. The molecule has 0 aliphatic rings. The summed E-state index contributed by atoms with van der Waals surface area (Å²) in [4.78, 5) is 0. The van der Waals surface area contributed by atoms with Gasteiger partial charge < -0.3 is 0 Å². The van der Waals surface area contributed by atoms with Gasteiger partial charge in [0.1, 0.15) is 0 Å². The fourth-order valence-corrected chi connectivity index (χ4v) is 10.7. The monoisotopic (exact) mass is 611 g/mol. The molecule has 0 fully saturated rings. The van der Waals surface area contributed by atoms with E-state index >= 15 is 0 Å². The van der Waals surface area contributed by atoms with Gasteiger partial charge in [0.25, 0.3) is 0 Å². The Morgan fingerprint density at radius 1 is 0.341 bits per heavy atom. The molecular formula is C44H82. The van der Waals surface area contributed by atoms with E-state index in [0.717, 1.165) is 0 Å². The molecule has 0 N–H and O–H groups in total.